The fourth-order valence-corrected chi connectivity index (χ4v) is 7.49. The van der Waals surface area contributed by atoms with E-state index >= 15 is 0 Å². The van der Waals surface area contributed by atoms with E-state index in [9.17, 15) is 24.3 Å². The summed E-state index contributed by atoms with van der Waals surface area (Å²) in [6, 6.07) is 15.1. The van der Waals surface area contributed by atoms with Gasteiger partial charge in [0.2, 0.25) is 11.8 Å². The molecular weight excluding hydrogens is 622 g/mol. The zero-order chi connectivity index (χ0) is 33.0. The summed E-state index contributed by atoms with van der Waals surface area (Å²) in [5.41, 5.74) is -0.187. The number of nitrogens with zero attached hydrogens (tertiary/aromatic N) is 2. The SMILES string of the molecule is O=C1CC/C=C\CN(c2ccccc2Cl)C(=O)[C@@H]2N(CCCCCCO)C(=O)[C@H]3[C@H](C(=O)O[C@H](c4ccccc4)CN1)[C@@H]1C=C[C@]23O1. The number of carbonyl (C=O) groups is 4. The molecule has 4 aliphatic rings. The molecule has 5 bridgehead atoms. The molecule has 2 saturated heterocycles. The van der Waals surface area contributed by atoms with Crippen LogP contribution in [0.1, 0.15) is 50.2 Å². The van der Waals surface area contributed by atoms with Gasteiger partial charge in [-0.2, -0.15) is 0 Å². The van der Waals surface area contributed by atoms with E-state index in [1.807, 2.05) is 42.5 Å². The highest BCUT2D eigenvalue weighted by Gasteiger charge is 2.73. The van der Waals surface area contributed by atoms with Crippen molar-refractivity contribution in [1.29, 1.82) is 0 Å². The predicted molar refractivity (Wildman–Crippen MR) is 175 cm³/mol. The van der Waals surface area contributed by atoms with Gasteiger partial charge in [-0.15, -0.1) is 0 Å². The average Bonchev–Trinajstić information content (AvgIpc) is 3.72. The molecule has 2 aromatic rings. The first kappa shape index (κ1) is 32.9. The molecule has 1 spiro atoms. The molecule has 0 aromatic heterocycles. The van der Waals surface area contributed by atoms with Gasteiger partial charge in [-0.25, -0.2) is 0 Å². The Kier molecular flexibility index (Phi) is 10.1. The summed E-state index contributed by atoms with van der Waals surface area (Å²) in [6.45, 7) is 0.590. The molecule has 6 rings (SSSR count). The Morgan fingerprint density at radius 3 is 2.49 bits per heavy atom. The molecule has 0 aliphatic carbocycles. The number of para-hydroxylation sites is 1. The molecule has 2 N–H and O–H groups in total. The molecule has 3 amide bonds. The maximum atomic E-state index is 14.8. The largest absolute Gasteiger partial charge is 0.455 e. The van der Waals surface area contributed by atoms with Crippen LogP contribution in [0.5, 0.6) is 0 Å². The number of unbranched alkanes of at least 4 members (excludes halogenated alkanes) is 3. The van der Waals surface area contributed by atoms with Crippen LogP contribution < -0.4 is 10.2 Å². The summed E-state index contributed by atoms with van der Waals surface area (Å²) in [5.74, 6) is -3.48. The highest BCUT2D eigenvalue weighted by molar-refractivity contribution is 6.34. The van der Waals surface area contributed by atoms with Crippen LogP contribution in [-0.2, 0) is 28.7 Å². The van der Waals surface area contributed by atoms with Gasteiger partial charge in [0, 0.05) is 26.1 Å². The molecular formula is C36H40ClN3O7. The van der Waals surface area contributed by atoms with Crippen LogP contribution in [-0.4, -0.2) is 77.7 Å². The normalized spacial score (nSPS) is 30.0. The van der Waals surface area contributed by atoms with E-state index in [1.165, 1.54) is 0 Å². The summed E-state index contributed by atoms with van der Waals surface area (Å²) in [5, 5.41) is 12.5. The van der Waals surface area contributed by atoms with Crippen LogP contribution in [0.25, 0.3) is 0 Å². The van der Waals surface area contributed by atoms with Crippen LogP contribution in [0, 0.1) is 11.8 Å². The number of anilines is 1. The van der Waals surface area contributed by atoms with Crippen LogP contribution in [0.3, 0.4) is 0 Å². The van der Waals surface area contributed by atoms with Gasteiger partial charge in [0.05, 0.1) is 29.3 Å². The number of cyclic esters (lactones) is 1. The standard InChI is InChI=1S/C36H40ClN3O7/c37-25-15-8-9-16-26(25)39-20-11-4-7-17-29(42)38-23-28(24-13-5-3-6-14-24)46-35(45)30-27-18-19-36(47-27)31(30)33(43)40(32(36)34(39)44)21-10-1-2-12-22-41/h3-6,8-9,11,13-16,18-19,27-28,30-32,41H,1-2,7,10,12,17,20-23H2,(H,38,42)/b11-4-/t27-,28-,30+,31+,32-,36+/m0/s1. The molecule has 47 heavy (non-hydrogen) atoms. The smallest absolute Gasteiger partial charge is 0.313 e. The van der Waals surface area contributed by atoms with Crippen LogP contribution in [0.4, 0.5) is 5.69 Å². The molecule has 2 fully saturated rings. The first-order valence-electron chi connectivity index (χ1n) is 16.4. The molecule has 0 unspecified atom stereocenters. The maximum absolute atomic E-state index is 14.8. The highest BCUT2D eigenvalue weighted by Crippen LogP contribution is 2.56. The lowest BCUT2D eigenvalue weighted by Crippen LogP contribution is -2.56. The third-order valence-corrected chi connectivity index (χ3v) is 9.82. The molecule has 4 heterocycles. The van der Waals surface area contributed by atoms with Gasteiger partial charge < -0.3 is 29.7 Å². The molecule has 0 radical (unpaired) electrons. The molecule has 0 saturated carbocycles. The van der Waals surface area contributed by atoms with Gasteiger partial charge in [0.25, 0.3) is 5.91 Å². The Labute approximate surface area is 279 Å². The van der Waals surface area contributed by atoms with Crippen molar-refractivity contribution in [2.24, 2.45) is 11.8 Å². The third-order valence-electron chi connectivity index (χ3n) is 9.50. The summed E-state index contributed by atoms with van der Waals surface area (Å²) >= 11 is 6.63. The van der Waals surface area contributed by atoms with E-state index in [-0.39, 0.29) is 50.4 Å². The summed E-state index contributed by atoms with van der Waals surface area (Å²) in [7, 11) is 0. The predicted octanol–water partition coefficient (Wildman–Crippen LogP) is 4.13. The van der Waals surface area contributed by atoms with Crippen LogP contribution in [0.15, 0.2) is 78.9 Å². The number of benzene rings is 2. The first-order chi connectivity index (χ1) is 22.9. The number of rotatable bonds is 8. The quantitative estimate of drug-likeness (QED) is 0.248. The monoisotopic (exact) mass is 661 g/mol. The minimum atomic E-state index is -1.37. The maximum Gasteiger partial charge on any atom is 0.313 e. The lowest BCUT2D eigenvalue weighted by Gasteiger charge is -2.36. The third kappa shape index (κ3) is 6.46. The Morgan fingerprint density at radius 2 is 1.70 bits per heavy atom. The number of amides is 3. The summed E-state index contributed by atoms with van der Waals surface area (Å²) < 4.78 is 12.6. The Morgan fingerprint density at radius 1 is 0.936 bits per heavy atom. The molecule has 10 nitrogen and oxygen atoms in total. The number of hydrogen-bond acceptors (Lipinski definition) is 7. The number of hydrogen-bond donors (Lipinski definition) is 2. The van der Waals surface area contributed by atoms with Gasteiger partial charge in [-0.3, -0.25) is 19.2 Å². The Hall–Kier alpha value is -3.99. The number of carbonyl (C=O) groups excluding carboxylic acids is 4. The van der Waals surface area contributed by atoms with Crippen molar-refractivity contribution in [3.8, 4) is 0 Å². The van der Waals surface area contributed by atoms with Crippen molar-refractivity contribution in [2.75, 3.05) is 31.1 Å². The van der Waals surface area contributed by atoms with E-state index in [2.05, 4.69) is 5.32 Å². The minimum Gasteiger partial charge on any atom is -0.455 e. The lowest BCUT2D eigenvalue weighted by atomic mass is 9.74. The molecule has 6 atom stereocenters. The minimum absolute atomic E-state index is 0.0670. The second-order valence-electron chi connectivity index (χ2n) is 12.4. The van der Waals surface area contributed by atoms with E-state index in [4.69, 9.17) is 21.1 Å². The van der Waals surface area contributed by atoms with Crippen molar-refractivity contribution in [3.05, 3.63) is 89.5 Å². The number of ether oxygens (including phenoxy) is 2. The number of halogens is 1. The first-order valence-corrected chi connectivity index (χ1v) is 16.7. The summed E-state index contributed by atoms with van der Waals surface area (Å²) in [4.78, 5) is 59.3. The van der Waals surface area contributed by atoms with E-state index in [0.29, 0.717) is 35.5 Å². The lowest BCUT2D eigenvalue weighted by molar-refractivity contribution is -0.159. The van der Waals surface area contributed by atoms with Crippen molar-refractivity contribution in [3.63, 3.8) is 0 Å². The van der Waals surface area contributed by atoms with Gasteiger partial charge in [-0.1, -0.05) is 91.2 Å². The molecule has 2 aromatic carbocycles. The van der Waals surface area contributed by atoms with Crippen LogP contribution in [0.2, 0.25) is 5.02 Å². The Balaban J connectivity index is 1.40. The summed E-state index contributed by atoms with van der Waals surface area (Å²) in [6.07, 6.45) is 9.11. The van der Waals surface area contributed by atoms with Crippen molar-refractivity contribution in [2.45, 2.75) is 62.4 Å². The van der Waals surface area contributed by atoms with Gasteiger partial charge in [0.15, 0.2) is 0 Å². The number of aliphatic hydroxyl groups excluding tert-OH is 1. The fourth-order valence-electron chi connectivity index (χ4n) is 7.25. The number of likely N-dealkylation sites (tertiary alicyclic amines) is 1. The number of esters is 1. The number of aliphatic hydroxyl groups is 1. The van der Waals surface area contributed by atoms with Crippen molar-refractivity contribution in [1.82, 2.24) is 10.2 Å². The van der Waals surface area contributed by atoms with Crippen molar-refractivity contribution >= 4 is 41.0 Å². The molecule has 11 heteroatoms. The van der Waals surface area contributed by atoms with Gasteiger partial charge >= 0.3 is 5.97 Å². The number of fused-ring (bicyclic) bond motifs is 2. The zero-order valence-electron chi connectivity index (χ0n) is 26.1. The van der Waals surface area contributed by atoms with E-state index in [1.54, 1.807) is 46.2 Å². The van der Waals surface area contributed by atoms with E-state index < -0.39 is 41.7 Å². The van der Waals surface area contributed by atoms with Crippen molar-refractivity contribution < 1.29 is 33.8 Å². The van der Waals surface area contributed by atoms with Gasteiger partial charge in [-0.05, 0) is 37.0 Å². The molecule has 248 valence electrons. The van der Waals surface area contributed by atoms with Crippen LogP contribution >= 0.6 is 11.6 Å². The number of allylic oxidation sites excluding steroid dienone is 1. The highest BCUT2D eigenvalue weighted by atomic mass is 35.5. The van der Waals surface area contributed by atoms with E-state index in [0.717, 1.165) is 12.8 Å². The zero-order valence-corrected chi connectivity index (χ0v) is 26.9. The average molecular weight is 662 g/mol. The number of nitrogens with one attached hydrogen (secondary N) is 1. The second-order valence-corrected chi connectivity index (χ2v) is 12.8. The van der Waals surface area contributed by atoms with Gasteiger partial charge in [0.1, 0.15) is 23.7 Å². The fraction of sp³-hybridized carbons (Fsp3) is 0.444. The topological polar surface area (TPSA) is 125 Å². The Bertz CT molecular complexity index is 1550. The molecule has 4 aliphatic heterocycles. The second kappa shape index (κ2) is 14.4.